The monoisotopic (exact) mass is 242 g/mol. The van der Waals surface area contributed by atoms with Crippen LogP contribution in [0.4, 0.5) is 0 Å². The van der Waals surface area contributed by atoms with Crippen molar-refractivity contribution in [2.45, 2.75) is 24.0 Å². The van der Waals surface area contributed by atoms with Crippen LogP contribution in [-0.2, 0) is 19.4 Å². The van der Waals surface area contributed by atoms with E-state index in [0.29, 0.717) is 0 Å². The van der Waals surface area contributed by atoms with Crippen molar-refractivity contribution >= 4 is 15.8 Å². The van der Waals surface area contributed by atoms with E-state index in [9.17, 15) is 13.2 Å². The minimum Gasteiger partial charge on any atom is -0.468 e. The first-order chi connectivity index (χ1) is 7.39. The number of esters is 1. The molecule has 5 heteroatoms. The fourth-order valence-electron chi connectivity index (χ4n) is 1.22. The molecule has 1 rings (SSSR count). The molecule has 0 aromatic heterocycles. The molecule has 0 heterocycles. The number of methoxy groups -OCH3 is 1. The highest BCUT2D eigenvalue weighted by atomic mass is 32.2. The second kappa shape index (κ2) is 4.65. The average molecular weight is 242 g/mol. The predicted molar refractivity (Wildman–Crippen MR) is 59.8 cm³/mol. The van der Waals surface area contributed by atoms with Crippen LogP contribution in [0, 0.1) is 6.92 Å². The lowest BCUT2D eigenvalue weighted by atomic mass is 10.2. The zero-order valence-electron chi connectivity index (χ0n) is 9.43. The summed E-state index contributed by atoms with van der Waals surface area (Å²) in [6.45, 7) is 3.18. The lowest BCUT2D eigenvalue weighted by Crippen LogP contribution is -2.28. The quantitative estimate of drug-likeness (QED) is 0.750. The fraction of sp³-hybridized carbons (Fsp3) is 0.364. The molecule has 0 spiro atoms. The van der Waals surface area contributed by atoms with E-state index in [-0.39, 0.29) is 4.90 Å². The van der Waals surface area contributed by atoms with Gasteiger partial charge in [-0.3, -0.25) is 4.79 Å². The van der Waals surface area contributed by atoms with Gasteiger partial charge >= 0.3 is 5.97 Å². The maximum Gasteiger partial charge on any atom is 0.324 e. The lowest BCUT2D eigenvalue weighted by molar-refractivity contribution is -0.139. The van der Waals surface area contributed by atoms with Crippen molar-refractivity contribution in [3.8, 4) is 0 Å². The summed E-state index contributed by atoms with van der Waals surface area (Å²) < 4.78 is 28.3. The smallest absolute Gasteiger partial charge is 0.324 e. The fourth-order valence-corrected chi connectivity index (χ4v) is 2.50. The first-order valence-electron chi connectivity index (χ1n) is 4.78. The largest absolute Gasteiger partial charge is 0.468 e. The molecule has 0 N–H and O–H groups in total. The van der Waals surface area contributed by atoms with Crippen LogP contribution in [0.1, 0.15) is 12.5 Å². The SMILES string of the molecule is COC(=O)C(C)S(=O)(=O)c1ccc(C)cc1. The number of ether oxygens (including phenoxy) is 1. The van der Waals surface area contributed by atoms with E-state index in [1.54, 1.807) is 12.1 Å². The van der Waals surface area contributed by atoms with Crippen LogP contribution in [0.5, 0.6) is 0 Å². The van der Waals surface area contributed by atoms with E-state index in [2.05, 4.69) is 4.74 Å². The minimum absolute atomic E-state index is 0.135. The summed E-state index contributed by atoms with van der Waals surface area (Å²) in [6, 6.07) is 6.36. The first-order valence-corrected chi connectivity index (χ1v) is 6.32. The molecule has 0 radical (unpaired) electrons. The molecule has 0 aliphatic rings. The second-order valence-electron chi connectivity index (χ2n) is 3.52. The molecule has 0 aliphatic heterocycles. The van der Waals surface area contributed by atoms with Gasteiger partial charge in [0.05, 0.1) is 12.0 Å². The van der Waals surface area contributed by atoms with Crippen molar-refractivity contribution in [2.24, 2.45) is 0 Å². The molecule has 0 saturated carbocycles. The number of hydrogen-bond acceptors (Lipinski definition) is 4. The predicted octanol–water partition coefficient (Wildman–Crippen LogP) is 1.33. The third kappa shape index (κ3) is 2.41. The van der Waals surface area contributed by atoms with Crippen molar-refractivity contribution in [3.05, 3.63) is 29.8 Å². The van der Waals surface area contributed by atoms with Crippen LogP contribution in [0.25, 0.3) is 0 Å². The molecule has 0 bridgehead atoms. The molecule has 1 atom stereocenters. The first kappa shape index (κ1) is 12.7. The van der Waals surface area contributed by atoms with Crippen molar-refractivity contribution < 1.29 is 17.9 Å². The summed E-state index contributed by atoms with van der Waals surface area (Å²) in [5.74, 6) is -0.749. The highest BCUT2D eigenvalue weighted by molar-refractivity contribution is 7.92. The van der Waals surface area contributed by atoms with Gasteiger partial charge < -0.3 is 4.74 Å². The Labute approximate surface area is 95.2 Å². The van der Waals surface area contributed by atoms with Crippen LogP contribution in [-0.4, -0.2) is 26.7 Å². The van der Waals surface area contributed by atoms with Gasteiger partial charge in [-0.2, -0.15) is 0 Å². The van der Waals surface area contributed by atoms with Gasteiger partial charge in [0.2, 0.25) is 0 Å². The number of rotatable bonds is 3. The highest BCUT2D eigenvalue weighted by Gasteiger charge is 2.30. The topological polar surface area (TPSA) is 60.4 Å². The van der Waals surface area contributed by atoms with Crippen LogP contribution in [0.3, 0.4) is 0 Å². The van der Waals surface area contributed by atoms with Crippen LogP contribution < -0.4 is 0 Å². The van der Waals surface area contributed by atoms with Crippen LogP contribution in [0.15, 0.2) is 29.2 Å². The van der Waals surface area contributed by atoms with Crippen molar-refractivity contribution in [2.75, 3.05) is 7.11 Å². The molecule has 1 unspecified atom stereocenters. The summed E-state index contributed by atoms with van der Waals surface area (Å²) in [6.07, 6.45) is 0. The normalized spacial score (nSPS) is 13.2. The third-order valence-electron chi connectivity index (χ3n) is 2.35. The van der Waals surface area contributed by atoms with E-state index in [1.807, 2.05) is 6.92 Å². The summed E-state index contributed by atoms with van der Waals surface area (Å²) in [4.78, 5) is 11.3. The van der Waals surface area contributed by atoms with Gasteiger partial charge in [-0.1, -0.05) is 17.7 Å². The maximum atomic E-state index is 11.9. The van der Waals surface area contributed by atoms with Gasteiger partial charge in [0.25, 0.3) is 0 Å². The number of hydrogen-bond donors (Lipinski definition) is 0. The third-order valence-corrected chi connectivity index (χ3v) is 4.40. The molecule has 0 amide bonds. The molecule has 1 aromatic carbocycles. The highest BCUT2D eigenvalue weighted by Crippen LogP contribution is 2.17. The molecule has 0 aliphatic carbocycles. The molecule has 0 saturated heterocycles. The molecule has 16 heavy (non-hydrogen) atoms. The second-order valence-corrected chi connectivity index (χ2v) is 5.79. The Morgan fingerprint density at radius 1 is 1.25 bits per heavy atom. The zero-order valence-corrected chi connectivity index (χ0v) is 10.2. The summed E-state index contributed by atoms with van der Waals surface area (Å²) in [5.41, 5.74) is 0.963. The number of benzene rings is 1. The Hall–Kier alpha value is -1.36. The zero-order chi connectivity index (χ0) is 12.3. The number of aryl methyl sites for hydroxylation is 1. The number of carbonyl (C=O) groups is 1. The molecule has 88 valence electrons. The minimum atomic E-state index is -3.64. The Kier molecular flexibility index (Phi) is 3.70. The Balaban J connectivity index is 3.12. The van der Waals surface area contributed by atoms with E-state index < -0.39 is 21.1 Å². The van der Waals surface area contributed by atoms with E-state index in [4.69, 9.17) is 0 Å². The summed E-state index contributed by atoms with van der Waals surface area (Å²) in [7, 11) is -2.47. The average Bonchev–Trinajstić information content (AvgIpc) is 2.27. The van der Waals surface area contributed by atoms with Gasteiger partial charge in [-0.25, -0.2) is 8.42 Å². The van der Waals surface area contributed by atoms with Gasteiger partial charge in [0.1, 0.15) is 0 Å². The van der Waals surface area contributed by atoms with Crippen LogP contribution in [0.2, 0.25) is 0 Å². The van der Waals surface area contributed by atoms with E-state index >= 15 is 0 Å². The molecular formula is C11H14O4S. The van der Waals surface area contributed by atoms with E-state index in [0.717, 1.165) is 5.56 Å². The van der Waals surface area contributed by atoms with Crippen molar-refractivity contribution in [1.82, 2.24) is 0 Å². The number of carbonyl (C=O) groups excluding carboxylic acids is 1. The standard InChI is InChI=1S/C11H14O4S/c1-8-4-6-10(7-5-8)16(13,14)9(2)11(12)15-3/h4-7,9H,1-3H3. The Bertz CT molecular complexity index is 473. The lowest BCUT2D eigenvalue weighted by Gasteiger charge is -2.10. The van der Waals surface area contributed by atoms with Crippen LogP contribution >= 0.6 is 0 Å². The van der Waals surface area contributed by atoms with Gasteiger partial charge in [0, 0.05) is 0 Å². The summed E-state index contributed by atoms with van der Waals surface area (Å²) in [5, 5.41) is -1.18. The number of sulfone groups is 1. The molecule has 4 nitrogen and oxygen atoms in total. The van der Waals surface area contributed by atoms with Gasteiger partial charge in [0.15, 0.2) is 15.1 Å². The Morgan fingerprint density at radius 2 is 1.75 bits per heavy atom. The summed E-state index contributed by atoms with van der Waals surface area (Å²) >= 11 is 0. The Morgan fingerprint density at radius 3 is 2.19 bits per heavy atom. The molecule has 1 aromatic rings. The van der Waals surface area contributed by atoms with Gasteiger partial charge in [-0.05, 0) is 26.0 Å². The van der Waals surface area contributed by atoms with Crippen molar-refractivity contribution in [3.63, 3.8) is 0 Å². The van der Waals surface area contributed by atoms with E-state index in [1.165, 1.54) is 26.2 Å². The maximum absolute atomic E-state index is 11.9. The van der Waals surface area contributed by atoms with Gasteiger partial charge in [-0.15, -0.1) is 0 Å². The van der Waals surface area contributed by atoms with Crippen molar-refractivity contribution in [1.29, 1.82) is 0 Å². The molecular weight excluding hydrogens is 228 g/mol. The molecule has 0 fully saturated rings.